The van der Waals surface area contributed by atoms with Crippen molar-refractivity contribution in [1.82, 2.24) is 0 Å². The number of hydrogen-bond acceptors (Lipinski definition) is 2. The molecule has 0 fully saturated rings. The van der Waals surface area contributed by atoms with Gasteiger partial charge in [-0.25, -0.2) is 0 Å². The van der Waals surface area contributed by atoms with Crippen molar-refractivity contribution in [1.29, 1.82) is 0 Å². The molecular formula is C16H24Cl2O2. The summed E-state index contributed by atoms with van der Waals surface area (Å²) in [7, 11) is 0. The molecule has 0 saturated carbocycles. The molecule has 0 bridgehead atoms. The van der Waals surface area contributed by atoms with Crippen molar-refractivity contribution < 1.29 is 9.84 Å². The molecule has 0 unspecified atom stereocenters. The van der Waals surface area contributed by atoms with Gasteiger partial charge in [-0.05, 0) is 18.6 Å². The smallest absolute Gasteiger partial charge is 0.143 e. The van der Waals surface area contributed by atoms with Gasteiger partial charge in [0.05, 0.1) is 18.2 Å². The Morgan fingerprint density at radius 1 is 1.00 bits per heavy atom. The number of unbranched alkanes of at least 4 members (excludes halogenated alkanes) is 6. The van der Waals surface area contributed by atoms with E-state index in [1.165, 1.54) is 38.5 Å². The summed E-state index contributed by atoms with van der Waals surface area (Å²) in [6.07, 6.45) is 8.68. The molecule has 4 heteroatoms. The van der Waals surface area contributed by atoms with Crippen LogP contribution >= 0.6 is 23.2 Å². The molecule has 20 heavy (non-hydrogen) atoms. The van der Waals surface area contributed by atoms with E-state index in [0.717, 1.165) is 6.42 Å². The predicted octanol–water partition coefficient (Wildman–Crippen LogP) is 5.62. The average Bonchev–Trinajstić information content (AvgIpc) is 2.43. The number of aliphatic hydroxyl groups is 1. The molecule has 0 aliphatic carbocycles. The van der Waals surface area contributed by atoms with E-state index in [-0.39, 0.29) is 6.61 Å². The van der Waals surface area contributed by atoms with Crippen LogP contribution in [-0.4, -0.2) is 11.7 Å². The summed E-state index contributed by atoms with van der Waals surface area (Å²) in [4.78, 5) is 0. The largest absolute Gasteiger partial charge is 0.492 e. The van der Waals surface area contributed by atoms with Crippen molar-refractivity contribution in [2.24, 2.45) is 0 Å². The molecule has 0 spiro atoms. The van der Waals surface area contributed by atoms with Gasteiger partial charge in [0.15, 0.2) is 0 Å². The third kappa shape index (κ3) is 6.34. The molecule has 1 N–H and O–H groups in total. The first-order valence-corrected chi connectivity index (χ1v) is 8.16. The molecule has 0 aliphatic rings. The zero-order valence-electron chi connectivity index (χ0n) is 12.1. The molecule has 2 nitrogen and oxygen atoms in total. The van der Waals surface area contributed by atoms with E-state index >= 15 is 0 Å². The molecular weight excluding hydrogens is 295 g/mol. The Morgan fingerprint density at radius 2 is 1.65 bits per heavy atom. The normalized spacial score (nSPS) is 10.8. The van der Waals surface area contributed by atoms with Crippen molar-refractivity contribution in [3.05, 3.63) is 27.7 Å². The molecule has 1 aromatic carbocycles. The molecule has 0 radical (unpaired) electrons. The van der Waals surface area contributed by atoms with Crippen LogP contribution < -0.4 is 4.74 Å². The third-order valence-electron chi connectivity index (χ3n) is 3.25. The highest BCUT2D eigenvalue weighted by molar-refractivity contribution is 6.35. The third-order valence-corrected chi connectivity index (χ3v) is 3.75. The zero-order valence-corrected chi connectivity index (χ0v) is 13.6. The van der Waals surface area contributed by atoms with E-state index in [9.17, 15) is 5.11 Å². The zero-order chi connectivity index (χ0) is 14.8. The topological polar surface area (TPSA) is 29.5 Å². The summed E-state index contributed by atoms with van der Waals surface area (Å²) in [5.74, 6) is 0.560. The highest BCUT2D eigenvalue weighted by atomic mass is 35.5. The average molecular weight is 319 g/mol. The molecule has 114 valence electrons. The quantitative estimate of drug-likeness (QED) is 0.568. The first-order valence-electron chi connectivity index (χ1n) is 7.40. The maximum atomic E-state index is 9.29. The van der Waals surface area contributed by atoms with Gasteiger partial charge in [-0.3, -0.25) is 0 Å². The number of ether oxygens (including phenoxy) is 1. The first kappa shape index (κ1) is 17.6. The molecule has 0 atom stereocenters. The van der Waals surface area contributed by atoms with E-state index in [1.807, 2.05) is 0 Å². The Balaban J connectivity index is 2.28. The minimum absolute atomic E-state index is 0.118. The van der Waals surface area contributed by atoms with Gasteiger partial charge in [0, 0.05) is 10.6 Å². The van der Waals surface area contributed by atoms with Gasteiger partial charge in [0.25, 0.3) is 0 Å². The predicted molar refractivity (Wildman–Crippen MR) is 85.9 cm³/mol. The number of hydrogen-bond donors (Lipinski definition) is 1. The van der Waals surface area contributed by atoms with Crippen LogP contribution in [0, 0.1) is 0 Å². The molecule has 0 saturated heterocycles. The fraction of sp³-hybridized carbons (Fsp3) is 0.625. The van der Waals surface area contributed by atoms with Gasteiger partial charge in [0.1, 0.15) is 5.75 Å². The van der Waals surface area contributed by atoms with Gasteiger partial charge in [0.2, 0.25) is 0 Å². The maximum Gasteiger partial charge on any atom is 0.143 e. The summed E-state index contributed by atoms with van der Waals surface area (Å²) in [5, 5.41) is 10.3. The number of benzene rings is 1. The Kier molecular flexibility index (Phi) is 9.08. The van der Waals surface area contributed by atoms with E-state index in [2.05, 4.69) is 6.92 Å². The van der Waals surface area contributed by atoms with Crippen LogP contribution in [0.5, 0.6) is 5.75 Å². The monoisotopic (exact) mass is 318 g/mol. The maximum absolute atomic E-state index is 9.29. The van der Waals surface area contributed by atoms with E-state index in [0.29, 0.717) is 28.0 Å². The molecule has 0 aliphatic heterocycles. The van der Waals surface area contributed by atoms with Crippen LogP contribution in [0.1, 0.15) is 57.4 Å². The second-order valence-electron chi connectivity index (χ2n) is 5.00. The molecule has 1 rings (SSSR count). The summed E-state index contributed by atoms with van der Waals surface area (Å²) in [6.45, 7) is 2.73. The lowest BCUT2D eigenvalue weighted by Gasteiger charge is -2.12. The number of rotatable bonds is 10. The second-order valence-corrected chi connectivity index (χ2v) is 5.85. The lowest BCUT2D eigenvalue weighted by atomic mass is 10.1. The van der Waals surface area contributed by atoms with Crippen LogP contribution in [0.3, 0.4) is 0 Å². The SMILES string of the molecule is CCCCCCCCCOc1c(Cl)cc(Cl)cc1CO. The Labute approximate surface area is 132 Å². The lowest BCUT2D eigenvalue weighted by Crippen LogP contribution is -2.01. The van der Waals surface area contributed by atoms with Crippen molar-refractivity contribution >= 4 is 23.2 Å². The van der Waals surface area contributed by atoms with Gasteiger partial charge < -0.3 is 9.84 Å². The van der Waals surface area contributed by atoms with Crippen LogP contribution in [-0.2, 0) is 6.61 Å². The molecule has 1 aromatic rings. The van der Waals surface area contributed by atoms with E-state index < -0.39 is 0 Å². The van der Waals surface area contributed by atoms with Crippen molar-refractivity contribution in [3.63, 3.8) is 0 Å². The van der Waals surface area contributed by atoms with Crippen molar-refractivity contribution in [3.8, 4) is 5.75 Å². The summed E-state index contributed by atoms with van der Waals surface area (Å²) in [6, 6.07) is 3.33. The molecule has 0 heterocycles. The summed E-state index contributed by atoms with van der Waals surface area (Å²) < 4.78 is 5.69. The Morgan fingerprint density at radius 3 is 2.30 bits per heavy atom. The van der Waals surface area contributed by atoms with Crippen LogP contribution in [0.25, 0.3) is 0 Å². The Hall–Kier alpha value is -0.440. The van der Waals surface area contributed by atoms with Crippen LogP contribution in [0.2, 0.25) is 10.0 Å². The Bertz CT molecular complexity index is 394. The van der Waals surface area contributed by atoms with Gasteiger partial charge in [-0.15, -0.1) is 0 Å². The van der Waals surface area contributed by atoms with Crippen LogP contribution in [0.4, 0.5) is 0 Å². The fourth-order valence-corrected chi connectivity index (χ4v) is 2.72. The highest BCUT2D eigenvalue weighted by Gasteiger charge is 2.09. The van der Waals surface area contributed by atoms with Crippen molar-refractivity contribution in [2.45, 2.75) is 58.5 Å². The number of halogens is 2. The summed E-state index contributed by atoms with van der Waals surface area (Å²) in [5.41, 5.74) is 0.644. The standard InChI is InChI=1S/C16H24Cl2O2/c1-2-3-4-5-6-7-8-9-20-16-13(12-19)10-14(17)11-15(16)18/h10-11,19H,2-9,12H2,1H3. The lowest BCUT2D eigenvalue weighted by molar-refractivity contribution is 0.260. The van der Waals surface area contributed by atoms with Gasteiger partial charge in [-0.2, -0.15) is 0 Å². The van der Waals surface area contributed by atoms with Crippen LogP contribution in [0.15, 0.2) is 12.1 Å². The minimum Gasteiger partial charge on any atom is -0.492 e. The van der Waals surface area contributed by atoms with E-state index in [1.54, 1.807) is 12.1 Å². The van der Waals surface area contributed by atoms with E-state index in [4.69, 9.17) is 27.9 Å². The fourth-order valence-electron chi connectivity index (χ4n) is 2.13. The first-order chi connectivity index (χ1) is 9.69. The minimum atomic E-state index is -0.118. The molecule has 0 aromatic heterocycles. The number of aliphatic hydroxyl groups excluding tert-OH is 1. The summed E-state index contributed by atoms with van der Waals surface area (Å²) >= 11 is 12.0. The molecule has 0 amide bonds. The highest BCUT2D eigenvalue weighted by Crippen LogP contribution is 2.32. The second kappa shape index (κ2) is 10.3. The van der Waals surface area contributed by atoms with Gasteiger partial charge in [-0.1, -0.05) is 68.7 Å². The van der Waals surface area contributed by atoms with Crippen molar-refractivity contribution in [2.75, 3.05) is 6.61 Å². The van der Waals surface area contributed by atoms with Gasteiger partial charge >= 0.3 is 0 Å².